The summed E-state index contributed by atoms with van der Waals surface area (Å²) in [6, 6.07) is 8.58. The highest BCUT2D eigenvalue weighted by Crippen LogP contribution is 2.28. The quantitative estimate of drug-likeness (QED) is 0.930. The van der Waals surface area contributed by atoms with Crippen LogP contribution < -0.4 is 5.32 Å². The van der Waals surface area contributed by atoms with Gasteiger partial charge in [-0.3, -0.25) is 0 Å². The topological polar surface area (TPSA) is 54.2 Å². The van der Waals surface area contributed by atoms with Crippen LogP contribution in [-0.4, -0.2) is 41.3 Å². The summed E-state index contributed by atoms with van der Waals surface area (Å²) in [4.78, 5) is 2.36. The average Bonchev–Trinajstić information content (AvgIpc) is 2.86. The number of anilines is 1. The van der Waals surface area contributed by atoms with Gasteiger partial charge >= 0.3 is 0 Å². The molecule has 1 aliphatic rings. The molecule has 0 bridgehead atoms. The van der Waals surface area contributed by atoms with Crippen molar-refractivity contribution in [3.05, 3.63) is 30.2 Å². The Kier molecular flexibility index (Phi) is 3.69. The number of hydrogen-bond acceptors (Lipinski definition) is 5. The summed E-state index contributed by atoms with van der Waals surface area (Å²) in [7, 11) is 2.17. The molecule has 0 aliphatic carbocycles. The molecule has 1 fully saturated rings. The van der Waals surface area contributed by atoms with Crippen molar-refractivity contribution in [2.24, 2.45) is 0 Å². The fourth-order valence-electron chi connectivity index (χ4n) is 2.71. The molecule has 0 amide bonds. The number of nitrogens with one attached hydrogen (secondary N) is 1. The lowest BCUT2D eigenvalue weighted by Gasteiger charge is -2.31. The van der Waals surface area contributed by atoms with Gasteiger partial charge in [-0.2, -0.15) is 0 Å². The highest BCUT2D eigenvalue weighted by molar-refractivity contribution is 5.72. The fourth-order valence-corrected chi connectivity index (χ4v) is 2.71. The molecular weight excluding hydrogens is 252 g/mol. The monoisotopic (exact) mass is 272 g/mol. The Morgan fingerprint density at radius 2 is 2.15 bits per heavy atom. The van der Waals surface area contributed by atoms with E-state index in [0.717, 1.165) is 17.8 Å². The molecule has 1 aliphatic heterocycles. The van der Waals surface area contributed by atoms with E-state index in [4.69, 9.17) is 4.42 Å². The summed E-state index contributed by atoms with van der Waals surface area (Å²) < 4.78 is 5.55. The van der Waals surface area contributed by atoms with Gasteiger partial charge in [0.25, 0.3) is 0 Å². The Balaban J connectivity index is 1.83. The molecular formula is C15H20N4O. The van der Waals surface area contributed by atoms with Crippen molar-refractivity contribution in [2.45, 2.75) is 25.8 Å². The number of aryl methyl sites for hydroxylation is 1. The maximum Gasteiger partial charge on any atom is 0.249 e. The third kappa shape index (κ3) is 2.82. The second kappa shape index (κ2) is 5.63. The number of nitrogens with zero attached hydrogens (tertiary/aromatic N) is 3. The Morgan fingerprint density at radius 3 is 2.90 bits per heavy atom. The molecule has 2 heterocycles. The highest BCUT2D eigenvalue weighted by Gasteiger charge is 2.19. The van der Waals surface area contributed by atoms with Crippen LogP contribution in [0.5, 0.6) is 0 Å². The minimum atomic E-state index is 0.471. The zero-order valence-corrected chi connectivity index (χ0v) is 12.0. The van der Waals surface area contributed by atoms with Crippen LogP contribution in [0.4, 0.5) is 5.69 Å². The summed E-state index contributed by atoms with van der Waals surface area (Å²) in [5.74, 6) is 1.17. The Hall–Kier alpha value is -1.88. The molecule has 1 atom stereocenters. The first-order chi connectivity index (χ1) is 9.72. The van der Waals surface area contributed by atoms with Crippen LogP contribution in [0.25, 0.3) is 11.5 Å². The van der Waals surface area contributed by atoms with Crippen molar-refractivity contribution < 1.29 is 4.42 Å². The van der Waals surface area contributed by atoms with Crippen LogP contribution >= 0.6 is 0 Å². The van der Waals surface area contributed by atoms with E-state index < -0.39 is 0 Å². The molecule has 3 rings (SSSR count). The number of aromatic nitrogens is 2. The minimum Gasteiger partial charge on any atom is -0.421 e. The van der Waals surface area contributed by atoms with Crippen molar-refractivity contribution in [1.82, 2.24) is 15.1 Å². The van der Waals surface area contributed by atoms with E-state index in [9.17, 15) is 0 Å². The average molecular weight is 272 g/mol. The molecule has 0 saturated carbocycles. The first-order valence-corrected chi connectivity index (χ1v) is 7.07. The largest absolute Gasteiger partial charge is 0.421 e. The maximum atomic E-state index is 5.55. The number of hydrogen-bond donors (Lipinski definition) is 1. The van der Waals surface area contributed by atoms with Crippen molar-refractivity contribution in [1.29, 1.82) is 0 Å². The predicted molar refractivity (Wildman–Crippen MR) is 78.6 cm³/mol. The SMILES string of the molecule is Cc1nnc(-c2ccccc2NC2CCCN(C)C2)o1. The molecule has 0 radical (unpaired) electrons. The van der Waals surface area contributed by atoms with Crippen LogP contribution in [0.1, 0.15) is 18.7 Å². The van der Waals surface area contributed by atoms with Gasteiger partial charge in [0, 0.05) is 25.2 Å². The maximum absolute atomic E-state index is 5.55. The van der Waals surface area contributed by atoms with Crippen LogP contribution in [0, 0.1) is 6.92 Å². The summed E-state index contributed by atoms with van der Waals surface area (Å²) >= 11 is 0. The number of para-hydroxylation sites is 1. The van der Waals surface area contributed by atoms with E-state index in [1.54, 1.807) is 0 Å². The Morgan fingerprint density at radius 1 is 1.30 bits per heavy atom. The molecule has 0 spiro atoms. The molecule has 1 aromatic carbocycles. The Labute approximate surface area is 119 Å². The van der Waals surface area contributed by atoms with Gasteiger partial charge in [-0.1, -0.05) is 12.1 Å². The van der Waals surface area contributed by atoms with E-state index in [1.165, 1.54) is 19.4 Å². The van der Waals surface area contributed by atoms with E-state index in [-0.39, 0.29) is 0 Å². The number of piperidine rings is 1. The highest BCUT2D eigenvalue weighted by atomic mass is 16.4. The molecule has 2 aromatic rings. The van der Waals surface area contributed by atoms with E-state index in [0.29, 0.717) is 17.8 Å². The van der Waals surface area contributed by atoms with Gasteiger partial charge in [0.15, 0.2) is 0 Å². The second-order valence-corrected chi connectivity index (χ2v) is 5.42. The fraction of sp³-hybridized carbons (Fsp3) is 0.467. The van der Waals surface area contributed by atoms with Crippen LogP contribution in [0.2, 0.25) is 0 Å². The lowest BCUT2D eigenvalue weighted by atomic mass is 10.0. The van der Waals surface area contributed by atoms with Crippen molar-refractivity contribution in [3.63, 3.8) is 0 Å². The van der Waals surface area contributed by atoms with Crippen LogP contribution in [-0.2, 0) is 0 Å². The molecule has 5 heteroatoms. The number of benzene rings is 1. The minimum absolute atomic E-state index is 0.471. The molecule has 1 saturated heterocycles. The van der Waals surface area contributed by atoms with Gasteiger partial charge in [-0.05, 0) is 38.6 Å². The second-order valence-electron chi connectivity index (χ2n) is 5.42. The number of rotatable bonds is 3. The standard InChI is InChI=1S/C15H20N4O/c1-11-17-18-15(20-11)13-7-3-4-8-14(13)16-12-6-5-9-19(2)10-12/h3-4,7-8,12,16H,5-6,9-10H2,1-2H3. The molecule has 1 unspecified atom stereocenters. The summed E-state index contributed by atoms with van der Waals surface area (Å²) in [6.07, 6.45) is 2.43. The molecule has 5 nitrogen and oxygen atoms in total. The zero-order chi connectivity index (χ0) is 13.9. The third-order valence-corrected chi connectivity index (χ3v) is 3.67. The third-order valence-electron chi connectivity index (χ3n) is 3.67. The summed E-state index contributed by atoms with van der Waals surface area (Å²) in [5, 5.41) is 11.6. The van der Waals surface area contributed by atoms with Gasteiger partial charge in [0.2, 0.25) is 11.8 Å². The Bertz CT molecular complexity index is 581. The van der Waals surface area contributed by atoms with Gasteiger partial charge in [-0.15, -0.1) is 10.2 Å². The van der Waals surface area contributed by atoms with Crippen molar-refractivity contribution in [3.8, 4) is 11.5 Å². The van der Waals surface area contributed by atoms with Gasteiger partial charge < -0.3 is 14.6 Å². The first kappa shape index (κ1) is 13.1. The normalized spacial score (nSPS) is 20.0. The predicted octanol–water partition coefficient (Wildman–Crippen LogP) is 2.55. The zero-order valence-electron chi connectivity index (χ0n) is 12.0. The van der Waals surface area contributed by atoms with Crippen molar-refractivity contribution >= 4 is 5.69 Å². The van der Waals surface area contributed by atoms with E-state index in [1.807, 2.05) is 25.1 Å². The smallest absolute Gasteiger partial charge is 0.249 e. The van der Waals surface area contributed by atoms with Gasteiger partial charge in [0.1, 0.15) is 0 Å². The van der Waals surface area contributed by atoms with Crippen LogP contribution in [0.3, 0.4) is 0 Å². The van der Waals surface area contributed by atoms with Crippen molar-refractivity contribution in [2.75, 3.05) is 25.5 Å². The summed E-state index contributed by atoms with van der Waals surface area (Å²) in [5.41, 5.74) is 2.04. The number of likely N-dealkylation sites (tertiary alicyclic amines) is 1. The number of likely N-dealkylation sites (N-methyl/N-ethyl adjacent to an activating group) is 1. The van der Waals surface area contributed by atoms with Crippen LogP contribution in [0.15, 0.2) is 28.7 Å². The lowest BCUT2D eigenvalue weighted by Crippen LogP contribution is -2.39. The van der Waals surface area contributed by atoms with Gasteiger partial charge in [0.05, 0.1) is 5.56 Å². The van der Waals surface area contributed by atoms with E-state index >= 15 is 0 Å². The first-order valence-electron chi connectivity index (χ1n) is 7.07. The molecule has 1 N–H and O–H groups in total. The summed E-state index contributed by atoms with van der Waals surface area (Å²) in [6.45, 7) is 4.06. The van der Waals surface area contributed by atoms with E-state index in [2.05, 4.69) is 33.5 Å². The molecule has 1 aromatic heterocycles. The lowest BCUT2D eigenvalue weighted by molar-refractivity contribution is 0.261. The molecule has 20 heavy (non-hydrogen) atoms. The van der Waals surface area contributed by atoms with Gasteiger partial charge in [-0.25, -0.2) is 0 Å². The molecule has 106 valence electrons.